The van der Waals surface area contributed by atoms with Crippen LogP contribution in [0.2, 0.25) is 0 Å². The van der Waals surface area contributed by atoms with Gasteiger partial charge in [-0.2, -0.15) is 5.10 Å². The monoisotopic (exact) mass is 448 g/mol. The van der Waals surface area contributed by atoms with Crippen molar-refractivity contribution in [3.63, 3.8) is 0 Å². The fourth-order valence-corrected chi connectivity index (χ4v) is 4.93. The number of sulfonamides is 1. The standard InChI is InChI=1S/C20H24N4O4S2/c1-13-6-7-16(30(26,27)23-20(2,3)4)8-17(13)19(25)28-11-15-12-29-18(22-15)14-9-21-24(5)10-14/h6-10,12,23H,11H2,1-5H3. The van der Waals surface area contributed by atoms with Crippen LogP contribution in [-0.4, -0.2) is 34.7 Å². The first kappa shape index (κ1) is 22.1. The number of rotatable bonds is 6. The molecule has 0 saturated heterocycles. The first-order valence-corrected chi connectivity index (χ1v) is 11.6. The minimum Gasteiger partial charge on any atom is -0.456 e. The summed E-state index contributed by atoms with van der Waals surface area (Å²) in [5.74, 6) is -0.601. The average molecular weight is 449 g/mol. The number of aryl methyl sites for hydroxylation is 2. The largest absolute Gasteiger partial charge is 0.456 e. The first-order chi connectivity index (χ1) is 13.9. The molecule has 0 aliphatic rings. The van der Waals surface area contributed by atoms with Crippen molar-refractivity contribution in [2.24, 2.45) is 7.05 Å². The maximum Gasteiger partial charge on any atom is 0.338 e. The summed E-state index contributed by atoms with van der Waals surface area (Å²) in [4.78, 5) is 17.1. The Morgan fingerprint density at radius 3 is 2.67 bits per heavy atom. The van der Waals surface area contributed by atoms with Crippen LogP contribution < -0.4 is 4.72 Å². The maximum atomic E-state index is 12.6. The minimum atomic E-state index is -3.76. The molecule has 0 atom stereocenters. The number of benzene rings is 1. The number of hydrogen-bond acceptors (Lipinski definition) is 7. The third-order valence-corrected chi connectivity index (χ3v) is 6.73. The van der Waals surface area contributed by atoms with Gasteiger partial charge in [-0.3, -0.25) is 4.68 Å². The van der Waals surface area contributed by atoms with Crippen LogP contribution >= 0.6 is 11.3 Å². The number of ether oxygens (including phenoxy) is 1. The SMILES string of the molecule is Cc1ccc(S(=O)(=O)NC(C)(C)C)cc1C(=O)OCc1csc(-c2cnn(C)c2)n1. The smallest absolute Gasteiger partial charge is 0.338 e. The van der Waals surface area contributed by atoms with Crippen molar-refractivity contribution in [3.05, 3.63) is 52.8 Å². The predicted octanol–water partition coefficient (Wildman–Crippen LogP) is 3.29. The fourth-order valence-electron chi connectivity index (χ4n) is 2.70. The lowest BCUT2D eigenvalue weighted by Gasteiger charge is -2.20. The van der Waals surface area contributed by atoms with Crippen LogP contribution in [0.5, 0.6) is 0 Å². The van der Waals surface area contributed by atoms with Crippen LogP contribution in [0.25, 0.3) is 10.6 Å². The average Bonchev–Trinajstić information content (AvgIpc) is 3.26. The predicted molar refractivity (Wildman–Crippen MR) is 115 cm³/mol. The van der Waals surface area contributed by atoms with Gasteiger partial charge in [-0.25, -0.2) is 22.9 Å². The van der Waals surface area contributed by atoms with Crippen molar-refractivity contribution in [1.29, 1.82) is 0 Å². The lowest BCUT2D eigenvalue weighted by Crippen LogP contribution is -2.40. The molecule has 8 nitrogen and oxygen atoms in total. The Kier molecular flexibility index (Phi) is 6.11. The zero-order valence-corrected chi connectivity index (χ0v) is 19.1. The van der Waals surface area contributed by atoms with Crippen LogP contribution in [-0.2, 0) is 28.4 Å². The second-order valence-electron chi connectivity index (χ2n) is 7.96. The molecule has 0 fully saturated rings. The number of thiazole rings is 1. The van der Waals surface area contributed by atoms with Gasteiger partial charge >= 0.3 is 5.97 Å². The molecule has 30 heavy (non-hydrogen) atoms. The van der Waals surface area contributed by atoms with Crippen LogP contribution in [0.1, 0.15) is 42.4 Å². The molecule has 0 amide bonds. The van der Waals surface area contributed by atoms with Crippen LogP contribution in [0.3, 0.4) is 0 Å². The first-order valence-electron chi connectivity index (χ1n) is 9.20. The summed E-state index contributed by atoms with van der Waals surface area (Å²) in [6, 6.07) is 4.41. The molecule has 0 spiro atoms. The van der Waals surface area contributed by atoms with E-state index in [9.17, 15) is 13.2 Å². The molecule has 2 aromatic heterocycles. The van der Waals surface area contributed by atoms with Crippen LogP contribution in [0.15, 0.2) is 40.9 Å². The highest BCUT2D eigenvalue weighted by atomic mass is 32.2. The van der Waals surface area contributed by atoms with E-state index in [1.807, 2.05) is 18.6 Å². The van der Waals surface area contributed by atoms with E-state index in [1.54, 1.807) is 44.6 Å². The third kappa shape index (κ3) is 5.32. The van der Waals surface area contributed by atoms with Crippen LogP contribution in [0, 0.1) is 6.92 Å². The second-order valence-corrected chi connectivity index (χ2v) is 10.5. The Balaban J connectivity index is 1.73. The number of esters is 1. The van der Waals surface area contributed by atoms with E-state index in [1.165, 1.54) is 23.5 Å². The molecule has 3 rings (SSSR count). The highest BCUT2D eigenvalue weighted by Gasteiger charge is 2.24. The molecule has 1 N–H and O–H groups in total. The summed E-state index contributed by atoms with van der Waals surface area (Å²) in [7, 11) is -1.93. The van der Waals surface area contributed by atoms with Gasteiger partial charge in [0, 0.05) is 29.7 Å². The van der Waals surface area contributed by atoms with Gasteiger partial charge in [-0.05, 0) is 45.4 Å². The van der Waals surface area contributed by atoms with Gasteiger partial charge < -0.3 is 4.74 Å². The second kappa shape index (κ2) is 8.29. The molecule has 0 aliphatic heterocycles. The molecule has 0 bridgehead atoms. The minimum absolute atomic E-state index is 0.00768. The molecule has 0 radical (unpaired) electrons. The van der Waals surface area contributed by atoms with Gasteiger partial charge in [-0.1, -0.05) is 6.07 Å². The molecule has 1 aromatic carbocycles. The molecule has 3 aromatic rings. The maximum absolute atomic E-state index is 12.6. The molecule has 0 saturated carbocycles. The van der Waals surface area contributed by atoms with E-state index in [-0.39, 0.29) is 17.1 Å². The number of nitrogens with one attached hydrogen (secondary N) is 1. The Hall–Kier alpha value is -2.56. The van der Waals surface area contributed by atoms with E-state index >= 15 is 0 Å². The number of nitrogens with zero attached hydrogens (tertiary/aromatic N) is 3. The van der Waals surface area contributed by atoms with Gasteiger partial charge in [0.15, 0.2) is 0 Å². The lowest BCUT2D eigenvalue weighted by atomic mass is 10.1. The van der Waals surface area contributed by atoms with E-state index in [2.05, 4.69) is 14.8 Å². The Morgan fingerprint density at radius 1 is 1.30 bits per heavy atom. The highest BCUT2D eigenvalue weighted by molar-refractivity contribution is 7.89. The molecule has 10 heteroatoms. The quantitative estimate of drug-likeness (QED) is 0.581. The van der Waals surface area contributed by atoms with Gasteiger partial charge in [0.05, 0.1) is 22.3 Å². The molecular formula is C20H24N4O4S2. The topological polar surface area (TPSA) is 103 Å². The van der Waals surface area contributed by atoms with Gasteiger partial charge in [-0.15, -0.1) is 11.3 Å². The summed E-state index contributed by atoms with van der Waals surface area (Å²) in [5, 5.41) is 6.72. The summed E-state index contributed by atoms with van der Waals surface area (Å²) >= 11 is 1.43. The zero-order valence-electron chi connectivity index (χ0n) is 17.5. The van der Waals surface area contributed by atoms with E-state index in [4.69, 9.17) is 4.74 Å². The molecule has 160 valence electrons. The third-order valence-electron chi connectivity index (χ3n) is 4.03. The van der Waals surface area contributed by atoms with E-state index < -0.39 is 21.5 Å². The molecular weight excluding hydrogens is 424 g/mol. The lowest BCUT2D eigenvalue weighted by molar-refractivity contribution is 0.0467. The Morgan fingerprint density at radius 2 is 2.03 bits per heavy atom. The van der Waals surface area contributed by atoms with Crippen molar-refractivity contribution >= 4 is 27.3 Å². The number of carbonyl (C=O) groups excluding carboxylic acids is 1. The van der Waals surface area contributed by atoms with Crippen molar-refractivity contribution in [3.8, 4) is 10.6 Å². The van der Waals surface area contributed by atoms with Gasteiger partial charge in [0.2, 0.25) is 10.0 Å². The summed E-state index contributed by atoms with van der Waals surface area (Å²) in [6.45, 7) is 6.98. The Labute approximate surface area is 180 Å². The van der Waals surface area contributed by atoms with Crippen LogP contribution in [0.4, 0.5) is 0 Å². The van der Waals surface area contributed by atoms with Crippen molar-refractivity contribution < 1.29 is 17.9 Å². The zero-order chi connectivity index (χ0) is 22.1. The number of hydrogen-bond donors (Lipinski definition) is 1. The summed E-state index contributed by atoms with van der Waals surface area (Å²) in [6.07, 6.45) is 3.57. The van der Waals surface area contributed by atoms with Gasteiger partial charge in [0.25, 0.3) is 0 Å². The van der Waals surface area contributed by atoms with Gasteiger partial charge in [0.1, 0.15) is 11.6 Å². The van der Waals surface area contributed by atoms with Crippen molar-refractivity contribution in [2.45, 2.75) is 44.7 Å². The molecule has 0 unspecified atom stereocenters. The molecule has 0 aliphatic carbocycles. The number of carbonyl (C=O) groups is 1. The van der Waals surface area contributed by atoms with Crippen molar-refractivity contribution in [2.75, 3.05) is 0 Å². The van der Waals surface area contributed by atoms with E-state index in [0.29, 0.717) is 11.3 Å². The summed E-state index contributed by atoms with van der Waals surface area (Å²) in [5.41, 5.74) is 1.70. The van der Waals surface area contributed by atoms with Crippen molar-refractivity contribution in [1.82, 2.24) is 19.5 Å². The highest BCUT2D eigenvalue weighted by Crippen LogP contribution is 2.24. The fraction of sp³-hybridized carbons (Fsp3) is 0.350. The number of aromatic nitrogens is 3. The van der Waals surface area contributed by atoms with E-state index in [0.717, 1.165) is 10.6 Å². The Bertz CT molecular complexity index is 1170. The molecule has 2 heterocycles. The summed E-state index contributed by atoms with van der Waals surface area (Å²) < 4.78 is 34.8. The normalized spacial score (nSPS) is 12.2.